The monoisotopic (exact) mass is 509 g/mol. The van der Waals surface area contributed by atoms with E-state index in [1.807, 2.05) is 28.9 Å². The molecule has 10 nitrogen and oxygen atoms in total. The van der Waals surface area contributed by atoms with Gasteiger partial charge in [0.15, 0.2) is 5.82 Å². The van der Waals surface area contributed by atoms with E-state index in [0.29, 0.717) is 56.6 Å². The summed E-state index contributed by atoms with van der Waals surface area (Å²) >= 11 is 0. The van der Waals surface area contributed by atoms with E-state index < -0.39 is 0 Å². The molecule has 1 atom stereocenters. The van der Waals surface area contributed by atoms with Crippen molar-refractivity contribution < 1.29 is 14.7 Å². The number of aromatic nitrogens is 2. The Bertz CT molecular complexity index is 1050. The third-order valence-electron chi connectivity index (χ3n) is 6.87. The number of pyridine rings is 2. The van der Waals surface area contributed by atoms with Crippen LogP contribution in [0.3, 0.4) is 0 Å². The number of aliphatic hydroxyl groups excluding tert-OH is 1. The minimum absolute atomic E-state index is 0.0591. The number of rotatable bonds is 8. The summed E-state index contributed by atoms with van der Waals surface area (Å²) < 4.78 is 0. The third kappa shape index (κ3) is 6.75. The number of hydrogen-bond acceptors (Lipinski definition) is 8. The van der Waals surface area contributed by atoms with Crippen LogP contribution < -0.4 is 10.2 Å². The zero-order valence-corrected chi connectivity index (χ0v) is 22.1. The van der Waals surface area contributed by atoms with Crippen LogP contribution in [0.5, 0.6) is 0 Å². The summed E-state index contributed by atoms with van der Waals surface area (Å²) in [6.07, 6.45) is 3.31. The number of carbonyl (C=O) groups excluding carboxylic acids is 2. The first-order valence-corrected chi connectivity index (χ1v) is 13.2. The van der Waals surface area contributed by atoms with Crippen molar-refractivity contribution in [1.29, 1.82) is 0 Å². The van der Waals surface area contributed by atoms with Crippen molar-refractivity contribution in [3.05, 3.63) is 47.9 Å². The Balaban J connectivity index is 1.30. The molecule has 2 fully saturated rings. The summed E-state index contributed by atoms with van der Waals surface area (Å²) in [5.74, 6) is 0.963. The maximum absolute atomic E-state index is 13.1. The van der Waals surface area contributed by atoms with Crippen molar-refractivity contribution in [3.8, 4) is 0 Å². The number of carbonyl (C=O) groups is 2. The minimum atomic E-state index is -0.119. The molecule has 2 N–H and O–H groups in total. The molecule has 10 heteroatoms. The van der Waals surface area contributed by atoms with Crippen LogP contribution in [0.4, 0.5) is 11.5 Å². The lowest BCUT2D eigenvalue weighted by molar-refractivity contribution is 0.0600. The smallest absolute Gasteiger partial charge is 0.272 e. The molecule has 0 aliphatic carbocycles. The first-order valence-electron chi connectivity index (χ1n) is 13.2. The normalized spacial score (nSPS) is 17.7. The summed E-state index contributed by atoms with van der Waals surface area (Å²) in [6, 6.07) is 7.62. The molecular formula is C27H39N7O3. The highest BCUT2D eigenvalue weighted by Gasteiger charge is 2.26. The van der Waals surface area contributed by atoms with Crippen molar-refractivity contribution in [2.24, 2.45) is 5.92 Å². The van der Waals surface area contributed by atoms with Gasteiger partial charge in [0.1, 0.15) is 5.69 Å². The van der Waals surface area contributed by atoms with Gasteiger partial charge in [-0.1, -0.05) is 6.92 Å². The Morgan fingerprint density at radius 3 is 2.22 bits per heavy atom. The van der Waals surface area contributed by atoms with E-state index in [4.69, 9.17) is 0 Å². The molecule has 4 rings (SSSR count). The van der Waals surface area contributed by atoms with Crippen LogP contribution in [-0.4, -0.2) is 113 Å². The molecule has 0 spiro atoms. The molecule has 0 unspecified atom stereocenters. The molecule has 200 valence electrons. The SMILES string of the molecule is CC(C)Nc1cccnc1N1CCN(C(=O)c2ccc(C(=O)N3CCN(C[C@@H](C)CO)CC3)cn2)CC1. The molecule has 2 aliphatic heterocycles. The average Bonchev–Trinajstić information content (AvgIpc) is 2.93. The van der Waals surface area contributed by atoms with Crippen molar-refractivity contribution in [2.75, 3.05) is 75.7 Å². The van der Waals surface area contributed by atoms with Gasteiger partial charge in [-0.15, -0.1) is 0 Å². The number of nitrogens with one attached hydrogen (secondary N) is 1. The fourth-order valence-electron chi connectivity index (χ4n) is 4.82. The molecule has 2 aliphatic rings. The maximum Gasteiger partial charge on any atom is 0.272 e. The number of nitrogens with zero attached hydrogens (tertiary/aromatic N) is 6. The second-order valence-corrected chi connectivity index (χ2v) is 10.3. The average molecular weight is 510 g/mol. The van der Waals surface area contributed by atoms with E-state index >= 15 is 0 Å². The summed E-state index contributed by atoms with van der Waals surface area (Å²) in [4.78, 5) is 43.1. The highest BCUT2D eigenvalue weighted by molar-refractivity contribution is 5.96. The zero-order chi connectivity index (χ0) is 26.4. The summed E-state index contributed by atoms with van der Waals surface area (Å²) in [5.41, 5.74) is 1.85. The topological polar surface area (TPSA) is 105 Å². The Kier molecular flexibility index (Phi) is 8.94. The number of aliphatic hydroxyl groups is 1. The number of amides is 2. The number of anilines is 2. The van der Waals surface area contributed by atoms with Crippen molar-refractivity contribution in [3.63, 3.8) is 0 Å². The lowest BCUT2D eigenvalue weighted by atomic mass is 10.1. The molecular weight excluding hydrogens is 470 g/mol. The Labute approximate surface area is 219 Å². The van der Waals surface area contributed by atoms with Crippen LogP contribution in [0.2, 0.25) is 0 Å². The van der Waals surface area contributed by atoms with Crippen LogP contribution in [0, 0.1) is 5.92 Å². The Hall–Kier alpha value is -3.24. The molecule has 4 heterocycles. The maximum atomic E-state index is 13.1. The third-order valence-corrected chi connectivity index (χ3v) is 6.87. The molecule has 0 radical (unpaired) electrons. The van der Waals surface area contributed by atoms with Gasteiger partial charge in [-0.05, 0) is 44.0 Å². The Morgan fingerprint density at radius 1 is 0.919 bits per heavy atom. The quantitative estimate of drug-likeness (QED) is 0.554. The molecule has 2 aromatic heterocycles. The molecule has 2 aromatic rings. The van der Waals surface area contributed by atoms with Gasteiger partial charge in [0.05, 0.1) is 11.3 Å². The first kappa shape index (κ1) is 26.8. The summed E-state index contributed by atoms with van der Waals surface area (Å²) in [5, 5.41) is 12.7. The second kappa shape index (κ2) is 12.3. The predicted molar refractivity (Wildman–Crippen MR) is 144 cm³/mol. The van der Waals surface area contributed by atoms with Crippen molar-refractivity contribution >= 4 is 23.3 Å². The summed E-state index contributed by atoms with van der Waals surface area (Å²) in [7, 11) is 0. The van der Waals surface area contributed by atoms with E-state index in [2.05, 4.69) is 38.9 Å². The van der Waals surface area contributed by atoms with E-state index in [1.54, 1.807) is 18.3 Å². The van der Waals surface area contributed by atoms with Gasteiger partial charge < -0.3 is 25.1 Å². The van der Waals surface area contributed by atoms with Crippen LogP contribution in [0.1, 0.15) is 41.6 Å². The van der Waals surface area contributed by atoms with E-state index in [9.17, 15) is 14.7 Å². The van der Waals surface area contributed by atoms with E-state index in [-0.39, 0.29) is 24.3 Å². The minimum Gasteiger partial charge on any atom is -0.396 e. The fraction of sp³-hybridized carbons (Fsp3) is 0.556. The van der Waals surface area contributed by atoms with E-state index in [0.717, 1.165) is 31.1 Å². The number of piperazine rings is 2. The standard InChI is InChI=1S/C27H39N7O3/c1-20(2)30-23-5-4-8-28-25(23)32-13-15-34(16-14-32)27(37)24-7-6-22(17-29-24)26(36)33-11-9-31(10-12-33)18-21(3)19-35/h4-8,17,20-21,30,35H,9-16,18-19H2,1-3H3/t21-/m1/s1. The predicted octanol–water partition coefficient (Wildman–Crippen LogP) is 1.65. The van der Waals surface area contributed by atoms with Gasteiger partial charge in [0.25, 0.3) is 11.8 Å². The molecule has 37 heavy (non-hydrogen) atoms. The fourth-order valence-corrected chi connectivity index (χ4v) is 4.82. The van der Waals surface area contributed by atoms with Gasteiger partial charge in [0.2, 0.25) is 0 Å². The lowest BCUT2D eigenvalue weighted by Crippen LogP contribution is -2.50. The van der Waals surface area contributed by atoms with Crippen LogP contribution >= 0.6 is 0 Å². The molecule has 2 saturated heterocycles. The largest absolute Gasteiger partial charge is 0.396 e. The Morgan fingerprint density at radius 2 is 1.59 bits per heavy atom. The van der Waals surface area contributed by atoms with Crippen molar-refractivity contribution in [1.82, 2.24) is 24.7 Å². The van der Waals surface area contributed by atoms with Gasteiger partial charge in [0, 0.05) is 83.9 Å². The lowest BCUT2D eigenvalue weighted by Gasteiger charge is -2.36. The highest BCUT2D eigenvalue weighted by atomic mass is 16.3. The molecule has 0 aromatic carbocycles. The first-order chi connectivity index (χ1) is 17.9. The van der Waals surface area contributed by atoms with Gasteiger partial charge >= 0.3 is 0 Å². The van der Waals surface area contributed by atoms with Crippen LogP contribution in [-0.2, 0) is 0 Å². The van der Waals surface area contributed by atoms with Gasteiger partial charge in [-0.3, -0.25) is 19.5 Å². The molecule has 0 saturated carbocycles. The molecule has 0 bridgehead atoms. The highest BCUT2D eigenvalue weighted by Crippen LogP contribution is 2.25. The zero-order valence-electron chi connectivity index (χ0n) is 22.1. The molecule has 2 amide bonds. The summed E-state index contributed by atoms with van der Waals surface area (Å²) in [6.45, 7) is 12.6. The van der Waals surface area contributed by atoms with E-state index in [1.165, 1.54) is 6.20 Å². The number of hydrogen-bond donors (Lipinski definition) is 2. The van der Waals surface area contributed by atoms with Crippen molar-refractivity contribution in [2.45, 2.75) is 26.8 Å². The van der Waals surface area contributed by atoms with Gasteiger partial charge in [-0.25, -0.2) is 4.98 Å². The van der Waals surface area contributed by atoms with Crippen LogP contribution in [0.15, 0.2) is 36.7 Å². The van der Waals surface area contributed by atoms with Gasteiger partial charge in [-0.2, -0.15) is 0 Å². The second-order valence-electron chi connectivity index (χ2n) is 10.3. The van der Waals surface area contributed by atoms with Crippen LogP contribution in [0.25, 0.3) is 0 Å².